The van der Waals surface area contributed by atoms with Crippen LogP contribution in [0.15, 0.2) is 22.7 Å². The second kappa shape index (κ2) is 3.68. The van der Waals surface area contributed by atoms with Crippen molar-refractivity contribution in [2.24, 2.45) is 0 Å². The van der Waals surface area contributed by atoms with Crippen molar-refractivity contribution < 1.29 is 9.47 Å². The van der Waals surface area contributed by atoms with Crippen LogP contribution in [-0.4, -0.2) is 19.8 Å². The Morgan fingerprint density at radius 3 is 3.15 bits per heavy atom. The number of hydrogen-bond acceptors (Lipinski definition) is 2. The van der Waals surface area contributed by atoms with E-state index in [0.29, 0.717) is 6.61 Å². The lowest BCUT2D eigenvalue weighted by Crippen LogP contribution is -2.27. The van der Waals surface area contributed by atoms with Crippen molar-refractivity contribution in [3.63, 3.8) is 0 Å². The summed E-state index contributed by atoms with van der Waals surface area (Å²) in [6.07, 6.45) is 1.15. The highest BCUT2D eigenvalue weighted by Gasteiger charge is 2.18. The summed E-state index contributed by atoms with van der Waals surface area (Å²) in [6.45, 7) is 0.653. The third kappa shape index (κ3) is 1.86. The average molecular weight is 243 g/mol. The van der Waals surface area contributed by atoms with E-state index >= 15 is 0 Å². The van der Waals surface area contributed by atoms with Gasteiger partial charge in [-0.3, -0.25) is 0 Å². The SMILES string of the molecule is COC1COc2cc(Br)ccc2C1. The highest BCUT2D eigenvalue weighted by molar-refractivity contribution is 9.10. The minimum atomic E-state index is 0.202. The second-order valence-electron chi connectivity index (χ2n) is 3.12. The Kier molecular flexibility index (Phi) is 2.56. The van der Waals surface area contributed by atoms with Gasteiger partial charge in [0.1, 0.15) is 12.4 Å². The summed E-state index contributed by atoms with van der Waals surface area (Å²) in [4.78, 5) is 0. The summed E-state index contributed by atoms with van der Waals surface area (Å²) in [5.41, 5.74) is 1.22. The minimum Gasteiger partial charge on any atom is -0.491 e. The topological polar surface area (TPSA) is 18.5 Å². The van der Waals surface area contributed by atoms with Crippen LogP contribution in [0.2, 0.25) is 0 Å². The summed E-state index contributed by atoms with van der Waals surface area (Å²) >= 11 is 3.41. The zero-order valence-corrected chi connectivity index (χ0v) is 9.00. The van der Waals surface area contributed by atoms with Crippen LogP contribution in [0.4, 0.5) is 0 Å². The van der Waals surface area contributed by atoms with Crippen LogP contribution < -0.4 is 4.74 Å². The number of halogens is 1. The Bertz CT molecular complexity index is 312. The van der Waals surface area contributed by atoms with Crippen LogP contribution in [0.1, 0.15) is 5.56 Å². The van der Waals surface area contributed by atoms with E-state index in [1.165, 1.54) is 5.56 Å². The van der Waals surface area contributed by atoms with Crippen LogP contribution in [0, 0.1) is 0 Å². The summed E-state index contributed by atoms with van der Waals surface area (Å²) < 4.78 is 11.9. The van der Waals surface area contributed by atoms with Crippen molar-refractivity contribution in [3.8, 4) is 5.75 Å². The molecule has 2 nitrogen and oxygen atoms in total. The first-order valence-electron chi connectivity index (χ1n) is 4.23. The number of benzene rings is 1. The number of ether oxygens (including phenoxy) is 2. The first-order chi connectivity index (χ1) is 6.29. The lowest BCUT2D eigenvalue weighted by molar-refractivity contribution is 0.0467. The van der Waals surface area contributed by atoms with Crippen molar-refractivity contribution in [2.45, 2.75) is 12.5 Å². The highest BCUT2D eigenvalue weighted by atomic mass is 79.9. The molecule has 0 fully saturated rings. The number of fused-ring (bicyclic) bond motifs is 1. The summed E-state index contributed by atoms with van der Waals surface area (Å²) in [7, 11) is 1.72. The molecule has 0 amide bonds. The van der Waals surface area contributed by atoms with E-state index in [9.17, 15) is 0 Å². The lowest BCUT2D eigenvalue weighted by atomic mass is 10.0. The van der Waals surface area contributed by atoms with Gasteiger partial charge in [-0.25, -0.2) is 0 Å². The molecule has 0 radical (unpaired) electrons. The van der Waals surface area contributed by atoms with Gasteiger partial charge in [-0.1, -0.05) is 22.0 Å². The number of methoxy groups -OCH3 is 1. The van der Waals surface area contributed by atoms with E-state index in [0.717, 1.165) is 16.6 Å². The van der Waals surface area contributed by atoms with E-state index in [1.54, 1.807) is 7.11 Å². The molecule has 2 rings (SSSR count). The molecule has 0 spiro atoms. The molecule has 0 aromatic heterocycles. The lowest BCUT2D eigenvalue weighted by Gasteiger charge is -2.24. The number of hydrogen-bond donors (Lipinski definition) is 0. The Morgan fingerprint density at radius 2 is 2.38 bits per heavy atom. The van der Waals surface area contributed by atoms with Gasteiger partial charge in [-0.05, 0) is 17.7 Å². The quantitative estimate of drug-likeness (QED) is 0.754. The third-order valence-corrected chi connectivity index (χ3v) is 2.73. The molecule has 1 aliphatic rings. The molecule has 1 unspecified atom stereocenters. The van der Waals surface area contributed by atoms with Gasteiger partial charge in [0.25, 0.3) is 0 Å². The van der Waals surface area contributed by atoms with Crippen molar-refractivity contribution >= 4 is 15.9 Å². The molecular formula is C10H11BrO2. The van der Waals surface area contributed by atoms with Crippen LogP contribution in [0.25, 0.3) is 0 Å². The molecule has 0 N–H and O–H groups in total. The molecule has 0 saturated carbocycles. The molecule has 0 bridgehead atoms. The predicted octanol–water partition coefficient (Wildman–Crippen LogP) is 2.40. The van der Waals surface area contributed by atoms with Gasteiger partial charge in [0.05, 0.1) is 6.10 Å². The fourth-order valence-electron chi connectivity index (χ4n) is 1.47. The van der Waals surface area contributed by atoms with Gasteiger partial charge in [0, 0.05) is 18.0 Å². The molecule has 0 aliphatic carbocycles. The first-order valence-corrected chi connectivity index (χ1v) is 5.03. The molecule has 1 aromatic carbocycles. The number of rotatable bonds is 1. The second-order valence-corrected chi connectivity index (χ2v) is 4.04. The van der Waals surface area contributed by atoms with Crippen LogP contribution >= 0.6 is 15.9 Å². The third-order valence-electron chi connectivity index (χ3n) is 2.23. The van der Waals surface area contributed by atoms with Gasteiger partial charge in [-0.15, -0.1) is 0 Å². The Labute approximate surface area is 86.0 Å². The van der Waals surface area contributed by atoms with Crippen LogP contribution in [0.3, 0.4) is 0 Å². The minimum absolute atomic E-state index is 0.202. The van der Waals surface area contributed by atoms with Crippen LogP contribution in [-0.2, 0) is 11.2 Å². The molecule has 1 atom stereocenters. The molecule has 70 valence electrons. The van der Waals surface area contributed by atoms with E-state index in [2.05, 4.69) is 22.0 Å². The van der Waals surface area contributed by atoms with Crippen molar-refractivity contribution in [3.05, 3.63) is 28.2 Å². The first kappa shape index (κ1) is 9.03. The zero-order valence-electron chi connectivity index (χ0n) is 7.42. The molecule has 0 saturated heterocycles. The monoisotopic (exact) mass is 242 g/mol. The average Bonchev–Trinajstić information content (AvgIpc) is 2.17. The maximum Gasteiger partial charge on any atom is 0.123 e. The zero-order chi connectivity index (χ0) is 9.26. The maximum absolute atomic E-state index is 5.55. The molecule has 1 aromatic rings. The van der Waals surface area contributed by atoms with E-state index in [-0.39, 0.29) is 6.10 Å². The summed E-state index contributed by atoms with van der Waals surface area (Å²) in [6, 6.07) is 6.10. The van der Waals surface area contributed by atoms with Gasteiger partial charge in [0.2, 0.25) is 0 Å². The van der Waals surface area contributed by atoms with Gasteiger partial charge in [-0.2, -0.15) is 0 Å². The van der Waals surface area contributed by atoms with E-state index in [1.807, 2.05) is 12.1 Å². The summed E-state index contributed by atoms with van der Waals surface area (Å²) in [5.74, 6) is 0.975. The van der Waals surface area contributed by atoms with Gasteiger partial charge < -0.3 is 9.47 Å². The van der Waals surface area contributed by atoms with Crippen molar-refractivity contribution in [1.82, 2.24) is 0 Å². The molecular weight excluding hydrogens is 232 g/mol. The van der Waals surface area contributed by atoms with Crippen molar-refractivity contribution in [1.29, 1.82) is 0 Å². The standard InChI is InChI=1S/C10H11BrO2/c1-12-9-4-7-2-3-8(11)5-10(7)13-6-9/h2-3,5,9H,4,6H2,1H3. The van der Waals surface area contributed by atoms with Gasteiger partial charge in [0.15, 0.2) is 0 Å². The Hall–Kier alpha value is -0.540. The highest BCUT2D eigenvalue weighted by Crippen LogP contribution is 2.28. The van der Waals surface area contributed by atoms with E-state index < -0.39 is 0 Å². The normalized spacial score (nSPS) is 20.6. The largest absolute Gasteiger partial charge is 0.491 e. The Morgan fingerprint density at radius 1 is 1.54 bits per heavy atom. The van der Waals surface area contributed by atoms with Gasteiger partial charge >= 0.3 is 0 Å². The molecule has 1 aliphatic heterocycles. The predicted molar refractivity (Wildman–Crippen MR) is 54.1 cm³/mol. The Balaban J connectivity index is 2.26. The summed E-state index contributed by atoms with van der Waals surface area (Å²) in [5, 5.41) is 0. The molecule has 1 heterocycles. The van der Waals surface area contributed by atoms with E-state index in [4.69, 9.17) is 9.47 Å². The fraction of sp³-hybridized carbons (Fsp3) is 0.400. The molecule has 3 heteroatoms. The van der Waals surface area contributed by atoms with Crippen molar-refractivity contribution in [2.75, 3.05) is 13.7 Å². The fourth-order valence-corrected chi connectivity index (χ4v) is 1.81. The molecule has 13 heavy (non-hydrogen) atoms. The maximum atomic E-state index is 5.55. The smallest absolute Gasteiger partial charge is 0.123 e. The van der Waals surface area contributed by atoms with Crippen LogP contribution in [0.5, 0.6) is 5.75 Å².